The van der Waals surface area contributed by atoms with Gasteiger partial charge in [0.05, 0.1) is 12.5 Å². The Morgan fingerprint density at radius 1 is 1.67 bits per heavy atom. The summed E-state index contributed by atoms with van der Waals surface area (Å²) in [6.45, 7) is 3.76. The van der Waals surface area contributed by atoms with Crippen LogP contribution in [0.4, 0.5) is 0 Å². The van der Waals surface area contributed by atoms with Crippen LogP contribution >= 0.6 is 0 Å². The lowest BCUT2D eigenvalue weighted by Gasteiger charge is -1.99. The van der Waals surface area contributed by atoms with Crippen LogP contribution in [0.3, 0.4) is 0 Å². The molecule has 0 aromatic carbocycles. The van der Waals surface area contributed by atoms with Crippen molar-refractivity contribution in [2.45, 2.75) is 0 Å². The minimum Gasteiger partial charge on any atom is -0.481 e. The maximum atomic E-state index is 8.45. The molecule has 0 amide bonds. The molecular formula is C6H13O2S+. The van der Waals surface area contributed by atoms with Gasteiger partial charge in [0.2, 0.25) is 0 Å². The minimum absolute atomic E-state index is 0.180. The monoisotopic (exact) mass is 149 g/mol. The number of hydrogen-bond acceptors (Lipinski definition) is 2. The molecule has 0 fully saturated rings. The normalized spacial score (nSPS) is 9.67. The number of rotatable bonds is 4. The van der Waals surface area contributed by atoms with Crippen LogP contribution < -0.4 is 0 Å². The summed E-state index contributed by atoms with van der Waals surface area (Å²) in [5, 5.41) is 8.45. The van der Waals surface area contributed by atoms with Crippen LogP contribution in [0.5, 0.6) is 0 Å². The third-order valence-electron chi connectivity index (χ3n) is 0.760. The maximum absolute atomic E-state index is 8.45. The SMILES string of the molecule is C=C(O)OCC[S+](C)C. The Morgan fingerprint density at radius 3 is 2.56 bits per heavy atom. The summed E-state index contributed by atoms with van der Waals surface area (Å²) >= 11 is 0. The fraction of sp³-hybridized carbons (Fsp3) is 0.667. The summed E-state index contributed by atoms with van der Waals surface area (Å²) in [6.07, 6.45) is 4.26. The Labute approximate surface area is 58.9 Å². The predicted molar refractivity (Wildman–Crippen MR) is 41.8 cm³/mol. The van der Waals surface area contributed by atoms with Crippen LogP contribution in [0.1, 0.15) is 0 Å². The molecule has 0 unspecified atom stereocenters. The second kappa shape index (κ2) is 4.56. The van der Waals surface area contributed by atoms with E-state index >= 15 is 0 Å². The van der Waals surface area contributed by atoms with E-state index in [0.29, 0.717) is 17.5 Å². The van der Waals surface area contributed by atoms with Gasteiger partial charge < -0.3 is 9.84 Å². The first kappa shape index (κ1) is 8.69. The standard InChI is InChI=1S/C6H12O2S/c1-6(7)8-4-5-9(2)3/h1,4-5H2,2-3H3/p+1. The molecule has 0 bridgehead atoms. The van der Waals surface area contributed by atoms with Crippen LogP contribution in [0.2, 0.25) is 0 Å². The molecule has 9 heavy (non-hydrogen) atoms. The van der Waals surface area contributed by atoms with Gasteiger partial charge in [-0.3, -0.25) is 0 Å². The molecule has 0 radical (unpaired) electrons. The molecule has 0 heterocycles. The second-order valence-electron chi connectivity index (χ2n) is 1.93. The molecule has 0 aromatic rings. The van der Waals surface area contributed by atoms with Crippen LogP contribution in [0.25, 0.3) is 0 Å². The molecule has 1 N–H and O–H groups in total. The van der Waals surface area contributed by atoms with Crippen molar-refractivity contribution < 1.29 is 9.84 Å². The van der Waals surface area contributed by atoms with Gasteiger partial charge in [0.15, 0.2) is 0 Å². The number of ether oxygens (including phenoxy) is 1. The minimum atomic E-state index is -0.180. The largest absolute Gasteiger partial charge is 0.481 e. The van der Waals surface area contributed by atoms with Crippen molar-refractivity contribution in [1.29, 1.82) is 0 Å². The summed E-state index contributed by atoms with van der Waals surface area (Å²) in [5.41, 5.74) is 0. The molecule has 0 saturated heterocycles. The Hall–Kier alpha value is -0.310. The van der Waals surface area contributed by atoms with E-state index in [-0.39, 0.29) is 5.95 Å². The molecule has 3 heteroatoms. The first-order valence-electron chi connectivity index (χ1n) is 2.68. The van der Waals surface area contributed by atoms with Crippen molar-refractivity contribution in [3.63, 3.8) is 0 Å². The number of aliphatic hydroxyl groups is 1. The van der Waals surface area contributed by atoms with Gasteiger partial charge in [-0.2, -0.15) is 0 Å². The summed E-state index contributed by atoms with van der Waals surface area (Å²) in [6, 6.07) is 0. The van der Waals surface area contributed by atoms with E-state index in [0.717, 1.165) is 5.75 Å². The van der Waals surface area contributed by atoms with Gasteiger partial charge in [0, 0.05) is 0 Å². The van der Waals surface area contributed by atoms with Gasteiger partial charge >= 0.3 is 0 Å². The zero-order chi connectivity index (χ0) is 7.28. The molecule has 2 nitrogen and oxygen atoms in total. The first-order chi connectivity index (χ1) is 4.13. The van der Waals surface area contributed by atoms with Crippen molar-refractivity contribution in [1.82, 2.24) is 0 Å². The molecule has 0 aromatic heterocycles. The second-order valence-corrected chi connectivity index (χ2v) is 4.31. The zero-order valence-corrected chi connectivity index (χ0v) is 6.70. The smallest absolute Gasteiger partial charge is 0.269 e. The molecule has 0 aliphatic rings. The van der Waals surface area contributed by atoms with E-state index < -0.39 is 0 Å². The van der Waals surface area contributed by atoms with E-state index in [1.165, 1.54) is 0 Å². The van der Waals surface area contributed by atoms with E-state index in [1.54, 1.807) is 0 Å². The van der Waals surface area contributed by atoms with Crippen molar-refractivity contribution in [2.24, 2.45) is 0 Å². The lowest BCUT2D eigenvalue weighted by molar-refractivity contribution is 0.106. The van der Waals surface area contributed by atoms with Crippen LogP contribution in [-0.2, 0) is 15.6 Å². The quantitative estimate of drug-likeness (QED) is 0.475. The molecule has 54 valence electrons. The Bertz CT molecular complexity index is 91.1. The summed E-state index contributed by atoms with van der Waals surface area (Å²) in [5.74, 6) is 0.806. The zero-order valence-electron chi connectivity index (χ0n) is 5.89. The van der Waals surface area contributed by atoms with Gasteiger partial charge in [-0.25, -0.2) is 0 Å². The molecular weight excluding hydrogens is 136 g/mol. The Balaban J connectivity index is 3.01. The third-order valence-corrected chi connectivity index (χ3v) is 1.74. The fourth-order valence-electron chi connectivity index (χ4n) is 0.326. The van der Waals surface area contributed by atoms with Crippen molar-refractivity contribution in [2.75, 3.05) is 24.9 Å². The number of aliphatic hydroxyl groups excluding tert-OH is 1. The third kappa shape index (κ3) is 7.69. The molecule has 0 atom stereocenters. The van der Waals surface area contributed by atoms with Gasteiger partial charge in [-0.1, -0.05) is 0 Å². The number of hydrogen-bond donors (Lipinski definition) is 1. The topological polar surface area (TPSA) is 29.5 Å². The molecule has 0 aliphatic carbocycles. The lowest BCUT2D eigenvalue weighted by Crippen LogP contribution is -2.08. The average molecular weight is 149 g/mol. The Kier molecular flexibility index (Phi) is 4.40. The molecule has 0 saturated carbocycles. The van der Waals surface area contributed by atoms with Crippen molar-refractivity contribution in [3.05, 3.63) is 12.5 Å². The van der Waals surface area contributed by atoms with E-state index in [4.69, 9.17) is 9.84 Å². The Morgan fingerprint density at radius 2 is 2.22 bits per heavy atom. The first-order valence-corrected chi connectivity index (χ1v) is 4.89. The van der Waals surface area contributed by atoms with Gasteiger partial charge in [0.1, 0.15) is 12.4 Å². The van der Waals surface area contributed by atoms with Crippen molar-refractivity contribution >= 4 is 10.9 Å². The van der Waals surface area contributed by atoms with Crippen LogP contribution in [0, 0.1) is 0 Å². The summed E-state index contributed by atoms with van der Waals surface area (Å²) in [4.78, 5) is 0. The molecule has 0 aliphatic heterocycles. The summed E-state index contributed by atoms with van der Waals surface area (Å²) < 4.78 is 4.72. The van der Waals surface area contributed by atoms with E-state index in [9.17, 15) is 0 Å². The summed E-state index contributed by atoms with van der Waals surface area (Å²) in [7, 11) is 0.391. The fourth-order valence-corrected chi connectivity index (χ4v) is 0.743. The molecule has 0 rings (SSSR count). The van der Waals surface area contributed by atoms with Gasteiger partial charge in [-0.15, -0.1) is 0 Å². The van der Waals surface area contributed by atoms with Gasteiger partial charge in [-0.05, 0) is 17.5 Å². The van der Waals surface area contributed by atoms with E-state index in [2.05, 4.69) is 19.1 Å². The highest BCUT2D eigenvalue weighted by Crippen LogP contribution is 1.89. The average Bonchev–Trinajstić information content (AvgIpc) is 1.63. The van der Waals surface area contributed by atoms with Crippen LogP contribution in [-0.4, -0.2) is 30.0 Å². The predicted octanol–water partition coefficient (Wildman–Crippen LogP) is 0.910. The van der Waals surface area contributed by atoms with Crippen molar-refractivity contribution in [3.8, 4) is 0 Å². The molecule has 0 spiro atoms. The highest BCUT2D eigenvalue weighted by molar-refractivity contribution is 7.95. The van der Waals surface area contributed by atoms with Gasteiger partial charge in [0.25, 0.3) is 5.95 Å². The van der Waals surface area contributed by atoms with E-state index in [1.807, 2.05) is 0 Å². The van der Waals surface area contributed by atoms with Crippen LogP contribution in [0.15, 0.2) is 12.5 Å². The maximum Gasteiger partial charge on any atom is 0.269 e. The highest BCUT2D eigenvalue weighted by Gasteiger charge is 2.01. The highest BCUT2D eigenvalue weighted by atomic mass is 32.2. The lowest BCUT2D eigenvalue weighted by atomic mass is 10.8.